The van der Waals surface area contributed by atoms with Gasteiger partial charge in [0.05, 0.1) is 0 Å². The van der Waals surface area contributed by atoms with Crippen molar-refractivity contribution in [2.75, 3.05) is 13.1 Å². The number of aliphatic hydroxyl groups is 2. The molecule has 9 N–H and O–H groups in total. The fraction of sp³-hybridized carbons (Fsp3) is 0.647. The van der Waals surface area contributed by atoms with Crippen LogP contribution in [0.25, 0.3) is 0 Å². The maximum atomic E-state index is 11.8. The molecule has 0 spiro atoms. The highest BCUT2D eigenvalue weighted by Gasteiger charge is 2.59. The van der Waals surface area contributed by atoms with E-state index in [2.05, 4.69) is 5.32 Å². The van der Waals surface area contributed by atoms with Crippen LogP contribution in [0, 0.1) is 0 Å². The van der Waals surface area contributed by atoms with E-state index in [0.29, 0.717) is 13.0 Å². The predicted octanol–water partition coefficient (Wildman–Crippen LogP) is -1.10. The van der Waals surface area contributed by atoms with Crippen molar-refractivity contribution in [3.05, 3.63) is 30.1 Å². The van der Waals surface area contributed by atoms with Gasteiger partial charge in [0.1, 0.15) is 6.10 Å². The van der Waals surface area contributed by atoms with E-state index < -0.39 is 32.8 Å². The lowest BCUT2D eigenvalue weighted by Crippen LogP contribution is -2.44. The van der Waals surface area contributed by atoms with Crippen LogP contribution >= 0.6 is 15.2 Å². The first kappa shape index (κ1) is 27.8. The second kappa shape index (κ2) is 12.2. The van der Waals surface area contributed by atoms with Gasteiger partial charge in [0.2, 0.25) is 5.91 Å². The SMILES string of the molecule is NCCCCCCC(=O)NCC(O)C[n+]1cccc(CC(O)(P(=O)(O)O)P(=O)(O)O)c1. The van der Waals surface area contributed by atoms with E-state index >= 15 is 0 Å². The molecule has 0 aliphatic rings. The molecule has 0 saturated heterocycles. The van der Waals surface area contributed by atoms with Crippen LogP contribution in [0.5, 0.6) is 0 Å². The van der Waals surface area contributed by atoms with E-state index in [9.17, 15) is 43.7 Å². The Kier molecular flexibility index (Phi) is 10.9. The van der Waals surface area contributed by atoms with Crippen LogP contribution in [0.15, 0.2) is 24.5 Å². The predicted molar refractivity (Wildman–Crippen MR) is 111 cm³/mol. The van der Waals surface area contributed by atoms with Crippen molar-refractivity contribution in [3.8, 4) is 0 Å². The molecule has 1 unspecified atom stereocenters. The molecule has 1 aromatic rings. The molecule has 0 bridgehead atoms. The van der Waals surface area contributed by atoms with Gasteiger partial charge in [-0.2, -0.15) is 0 Å². The van der Waals surface area contributed by atoms with Crippen LogP contribution < -0.4 is 15.6 Å². The topological polar surface area (TPSA) is 215 Å². The fourth-order valence-electron chi connectivity index (χ4n) is 2.86. The lowest BCUT2D eigenvalue weighted by atomic mass is 10.1. The number of aromatic nitrogens is 1. The summed E-state index contributed by atoms with van der Waals surface area (Å²) in [5.74, 6) is -0.195. The van der Waals surface area contributed by atoms with Crippen LogP contribution in [0.3, 0.4) is 0 Å². The van der Waals surface area contributed by atoms with Gasteiger partial charge in [-0.3, -0.25) is 13.9 Å². The molecule has 0 aromatic carbocycles. The van der Waals surface area contributed by atoms with Gasteiger partial charge in [-0.1, -0.05) is 12.8 Å². The van der Waals surface area contributed by atoms with Crippen molar-refractivity contribution in [2.24, 2.45) is 5.73 Å². The average Bonchev–Trinajstić information content (AvgIpc) is 2.64. The monoisotopic (exact) mass is 484 g/mol. The summed E-state index contributed by atoms with van der Waals surface area (Å²) in [6, 6.07) is 2.76. The molecule has 12 nitrogen and oxygen atoms in total. The molecule has 0 aliphatic carbocycles. The number of carbonyl (C=O) groups excluding carboxylic acids is 1. The highest BCUT2D eigenvalue weighted by atomic mass is 31.2. The van der Waals surface area contributed by atoms with Crippen molar-refractivity contribution in [1.82, 2.24) is 5.32 Å². The first-order valence-electron chi connectivity index (χ1n) is 9.76. The van der Waals surface area contributed by atoms with Crippen molar-refractivity contribution < 1.29 is 48.3 Å². The van der Waals surface area contributed by atoms with Crippen molar-refractivity contribution in [3.63, 3.8) is 0 Å². The third kappa shape index (κ3) is 9.05. The van der Waals surface area contributed by atoms with Gasteiger partial charge in [-0.25, -0.2) is 4.57 Å². The minimum atomic E-state index is -5.58. The summed E-state index contributed by atoms with van der Waals surface area (Å²) >= 11 is 0. The zero-order chi connectivity index (χ0) is 23.7. The number of aliphatic hydroxyl groups excluding tert-OH is 1. The summed E-state index contributed by atoms with van der Waals surface area (Å²) in [5, 5.41) is 19.2. The van der Waals surface area contributed by atoms with Crippen LogP contribution in [0.1, 0.15) is 37.7 Å². The molecule has 0 saturated carbocycles. The molecule has 1 atom stereocenters. The Morgan fingerprint density at radius 1 is 1.13 bits per heavy atom. The molecule has 1 aromatic heterocycles. The Hall–Kier alpha value is -1.20. The molecular weight excluding hydrogens is 452 g/mol. The molecule has 14 heteroatoms. The number of carbonyl (C=O) groups is 1. The van der Waals surface area contributed by atoms with Gasteiger partial charge in [0.25, 0.3) is 5.08 Å². The summed E-state index contributed by atoms with van der Waals surface area (Å²) in [6.07, 6.45) is 4.64. The largest absolute Gasteiger partial charge is 0.385 e. The van der Waals surface area contributed by atoms with E-state index in [0.717, 1.165) is 25.7 Å². The standard InChI is InChI=1S/C17H31N3O9P2/c18-8-4-2-1-3-7-16(22)19-11-15(21)13-20-9-5-6-14(12-20)10-17(23,30(24,25)26)31(27,28)29/h5-6,9,12,15,21,23H,1-4,7-8,10-11,13,18H2,(H4-,19,22,24,25,26,27,28,29)/p+1. The number of nitrogens with two attached hydrogens (primary N) is 1. The zero-order valence-electron chi connectivity index (χ0n) is 17.1. The third-order valence-electron chi connectivity index (χ3n) is 4.61. The summed E-state index contributed by atoms with van der Waals surface area (Å²) < 4.78 is 24.4. The smallest absolute Gasteiger partial charge is 0.369 e. The lowest BCUT2D eigenvalue weighted by molar-refractivity contribution is -0.703. The molecule has 1 rings (SSSR count). The summed E-state index contributed by atoms with van der Waals surface area (Å²) in [6.45, 7) is 0.595. The molecule has 31 heavy (non-hydrogen) atoms. The molecule has 0 fully saturated rings. The van der Waals surface area contributed by atoms with Gasteiger partial charge in [0, 0.05) is 31.0 Å². The number of hydrogen-bond donors (Lipinski definition) is 8. The number of nitrogens with one attached hydrogen (secondary N) is 1. The lowest BCUT2D eigenvalue weighted by Gasteiger charge is -2.28. The van der Waals surface area contributed by atoms with Gasteiger partial charge < -0.3 is 40.8 Å². The van der Waals surface area contributed by atoms with Gasteiger partial charge in [-0.05, 0) is 25.5 Å². The second-order valence-electron chi connectivity index (χ2n) is 7.36. The highest BCUT2D eigenvalue weighted by molar-refractivity contribution is 7.72. The van der Waals surface area contributed by atoms with Crippen LogP contribution in [-0.4, -0.2) is 60.0 Å². The van der Waals surface area contributed by atoms with Crippen LogP contribution in [0.2, 0.25) is 0 Å². The highest BCUT2D eigenvalue weighted by Crippen LogP contribution is 2.68. The average molecular weight is 484 g/mol. The third-order valence-corrected chi connectivity index (χ3v) is 8.35. The minimum Gasteiger partial charge on any atom is -0.385 e. The maximum absolute atomic E-state index is 11.8. The number of amides is 1. The Balaban J connectivity index is 2.64. The van der Waals surface area contributed by atoms with Gasteiger partial charge in [0.15, 0.2) is 18.9 Å². The Morgan fingerprint density at radius 2 is 1.74 bits per heavy atom. The van der Waals surface area contributed by atoms with E-state index in [1.807, 2.05) is 0 Å². The van der Waals surface area contributed by atoms with E-state index in [4.69, 9.17) is 5.73 Å². The van der Waals surface area contributed by atoms with Gasteiger partial charge in [-0.15, -0.1) is 0 Å². The molecule has 0 radical (unpaired) electrons. The second-order valence-corrected chi connectivity index (χ2v) is 11.4. The maximum Gasteiger partial charge on any atom is 0.369 e. The number of rotatable bonds is 14. The fourth-order valence-corrected chi connectivity index (χ4v) is 4.99. The summed E-state index contributed by atoms with van der Waals surface area (Å²) in [7, 11) is -11.2. The first-order chi connectivity index (χ1) is 14.3. The number of hydrogen-bond acceptors (Lipinski definition) is 6. The minimum absolute atomic E-state index is 0.00509. The molecule has 178 valence electrons. The van der Waals surface area contributed by atoms with Crippen LogP contribution in [0.4, 0.5) is 0 Å². The molecule has 1 amide bonds. The number of unbranched alkanes of at least 4 members (excludes halogenated alkanes) is 3. The Morgan fingerprint density at radius 3 is 2.32 bits per heavy atom. The molecule has 1 heterocycles. The quantitative estimate of drug-likeness (QED) is 0.0906. The Labute approximate surface area is 180 Å². The van der Waals surface area contributed by atoms with E-state index in [1.54, 1.807) is 0 Å². The van der Waals surface area contributed by atoms with E-state index in [-0.39, 0.29) is 24.6 Å². The molecular formula is C17H32N3O9P2+. The number of nitrogens with zero attached hydrogens (tertiary/aromatic N) is 1. The van der Waals surface area contributed by atoms with E-state index in [1.165, 1.54) is 29.1 Å². The first-order valence-corrected chi connectivity index (χ1v) is 13.0. The van der Waals surface area contributed by atoms with Gasteiger partial charge >= 0.3 is 15.2 Å². The van der Waals surface area contributed by atoms with Crippen molar-refractivity contribution in [2.45, 2.75) is 56.3 Å². The zero-order valence-corrected chi connectivity index (χ0v) is 18.9. The number of pyridine rings is 1. The van der Waals surface area contributed by atoms with Crippen molar-refractivity contribution in [1.29, 1.82) is 0 Å². The van der Waals surface area contributed by atoms with Crippen LogP contribution in [-0.2, 0) is 26.9 Å². The summed E-state index contributed by atoms with van der Waals surface area (Å²) in [4.78, 5) is 48.8. The Bertz CT molecular complexity index is 790. The summed E-state index contributed by atoms with van der Waals surface area (Å²) in [5.41, 5.74) is 5.43. The van der Waals surface area contributed by atoms with Crippen molar-refractivity contribution >= 4 is 21.1 Å². The normalized spacial score (nSPS) is 13.8. The molecule has 0 aliphatic heterocycles.